The number of halogens is 1. The number of ether oxygens (including phenoxy) is 1. The molecule has 1 saturated heterocycles. The minimum absolute atomic E-state index is 0.0958. The van der Waals surface area contributed by atoms with Gasteiger partial charge in [-0.1, -0.05) is 23.7 Å². The highest BCUT2D eigenvalue weighted by Crippen LogP contribution is 2.27. The van der Waals surface area contributed by atoms with E-state index in [9.17, 15) is 14.4 Å². The SMILES string of the molecule is CCOC(=O)c1ccc(-c2ccc(/C=C3/NC(=O)N(c4ccc(Cl)cc4)C3=O)o2)cc1. The quantitative estimate of drug-likeness (QED) is 0.350. The average Bonchev–Trinajstić information content (AvgIpc) is 3.34. The normalized spacial score (nSPS) is 14.8. The number of imide groups is 1. The number of hydrogen-bond donors (Lipinski definition) is 1. The van der Waals surface area contributed by atoms with Crippen LogP contribution < -0.4 is 10.2 Å². The molecule has 2 aromatic carbocycles. The fourth-order valence-corrected chi connectivity index (χ4v) is 3.20. The predicted octanol–water partition coefficient (Wildman–Crippen LogP) is 4.87. The minimum Gasteiger partial charge on any atom is -0.462 e. The molecule has 0 aliphatic carbocycles. The topological polar surface area (TPSA) is 88.9 Å². The Morgan fingerprint density at radius 3 is 2.45 bits per heavy atom. The Bertz CT molecular complexity index is 1180. The summed E-state index contributed by atoms with van der Waals surface area (Å²) >= 11 is 5.87. The van der Waals surface area contributed by atoms with Crippen LogP contribution in [0, 0.1) is 0 Å². The molecule has 2 heterocycles. The standard InChI is InChI=1S/C23H17ClN2O5/c1-2-30-22(28)15-5-3-14(4-6-15)20-12-11-18(31-20)13-19-21(27)26(23(29)25-19)17-9-7-16(24)8-10-17/h3-13H,2H2,1H3,(H,25,29)/b19-13+. The smallest absolute Gasteiger partial charge is 0.338 e. The van der Waals surface area contributed by atoms with Crippen molar-refractivity contribution < 1.29 is 23.5 Å². The molecule has 1 N–H and O–H groups in total. The Morgan fingerprint density at radius 1 is 1.06 bits per heavy atom. The Kier molecular flexibility index (Phi) is 5.60. The number of urea groups is 1. The number of anilines is 1. The van der Waals surface area contributed by atoms with Gasteiger partial charge in [-0.15, -0.1) is 0 Å². The first-order valence-electron chi connectivity index (χ1n) is 9.46. The zero-order chi connectivity index (χ0) is 22.0. The molecule has 3 amide bonds. The van der Waals surface area contributed by atoms with E-state index in [4.69, 9.17) is 20.8 Å². The van der Waals surface area contributed by atoms with Crippen LogP contribution in [0.3, 0.4) is 0 Å². The van der Waals surface area contributed by atoms with Crippen molar-refractivity contribution in [1.29, 1.82) is 0 Å². The van der Waals surface area contributed by atoms with Crippen LogP contribution in [0.5, 0.6) is 0 Å². The highest BCUT2D eigenvalue weighted by atomic mass is 35.5. The number of amides is 3. The van der Waals surface area contributed by atoms with Crippen molar-refractivity contribution >= 4 is 41.3 Å². The molecule has 1 aliphatic heterocycles. The van der Waals surface area contributed by atoms with Crippen molar-refractivity contribution in [1.82, 2.24) is 5.32 Å². The maximum absolute atomic E-state index is 12.7. The van der Waals surface area contributed by atoms with Crippen molar-refractivity contribution in [3.05, 3.63) is 82.7 Å². The molecular formula is C23H17ClN2O5. The minimum atomic E-state index is -0.556. The lowest BCUT2D eigenvalue weighted by Gasteiger charge is -2.11. The van der Waals surface area contributed by atoms with Gasteiger partial charge in [0.05, 0.1) is 17.9 Å². The van der Waals surface area contributed by atoms with E-state index in [1.54, 1.807) is 67.6 Å². The van der Waals surface area contributed by atoms with Gasteiger partial charge in [0.2, 0.25) is 0 Å². The van der Waals surface area contributed by atoms with Crippen LogP contribution in [-0.2, 0) is 9.53 Å². The first-order chi connectivity index (χ1) is 15.0. The van der Waals surface area contributed by atoms with Crippen molar-refractivity contribution in [2.45, 2.75) is 6.92 Å². The molecule has 8 heteroatoms. The third kappa shape index (κ3) is 4.22. The molecule has 1 aromatic heterocycles. The van der Waals surface area contributed by atoms with Gasteiger partial charge >= 0.3 is 12.0 Å². The van der Waals surface area contributed by atoms with E-state index in [1.807, 2.05) is 0 Å². The first-order valence-corrected chi connectivity index (χ1v) is 9.84. The zero-order valence-corrected chi connectivity index (χ0v) is 17.2. The molecule has 1 fully saturated rings. The van der Waals surface area contributed by atoms with Crippen molar-refractivity contribution in [3.8, 4) is 11.3 Å². The van der Waals surface area contributed by atoms with Crippen molar-refractivity contribution in [2.75, 3.05) is 11.5 Å². The van der Waals surface area contributed by atoms with E-state index in [1.165, 1.54) is 6.08 Å². The highest BCUT2D eigenvalue weighted by Gasteiger charge is 2.35. The summed E-state index contributed by atoms with van der Waals surface area (Å²) in [4.78, 5) is 37.8. The number of benzene rings is 2. The lowest BCUT2D eigenvalue weighted by Crippen LogP contribution is -2.30. The highest BCUT2D eigenvalue weighted by molar-refractivity contribution is 6.31. The summed E-state index contributed by atoms with van der Waals surface area (Å²) < 4.78 is 10.8. The van der Waals surface area contributed by atoms with E-state index in [-0.39, 0.29) is 11.7 Å². The summed E-state index contributed by atoms with van der Waals surface area (Å²) in [7, 11) is 0. The summed E-state index contributed by atoms with van der Waals surface area (Å²) in [5.74, 6) is 0.0587. The third-order valence-electron chi connectivity index (χ3n) is 4.56. The summed E-state index contributed by atoms with van der Waals surface area (Å²) in [5.41, 5.74) is 1.71. The lowest BCUT2D eigenvalue weighted by molar-refractivity contribution is -0.113. The van der Waals surface area contributed by atoms with E-state index in [0.717, 1.165) is 10.5 Å². The molecule has 0 unspecified atom stereocenters. The molecule has 31 heavy (non-hydrogen) atoms. The van der Waals surface area contributed by atoms with Gasteiger partial charge in [-0.25, -0.2) is 14.5 Å². The van der Waals surface area contributed by atoms with Gasteiger partial charge in [-0.2, -0.15) is 0 Å². The Labute approximate surface area is 182 Å². The largest absolute Gasteiger partial charge is 0.462 e. The molecule has 0 atom stereocenters. The number of rotatable bonds is 5. The number of furan rings is 1. The molecule has 0 saturated carbocycles. The molecule has 0 bridgehead atoms. The van der Waals surface area contributed by atoms with E-state index < -0.39 is 11.9 Å². The second-order valence-electron chi connectivity index (χ2n) is 6.60. The molecule has 7 nitrogen and oxygen atoms in total. The number of nitrogens with one attached hydrogen (secondary N) is 1. The summed E-state index contributed by atoms with van der Waals surface area (Å²) in [6.07, 6.45) is 1.46. The first kappa shape index (κ1) is 20.4. The number of nitrogens with zero attached hydrogens (tertiary/aromatic N) is 1. The Hall–Kier alpha value is -3.84. The van der Waals surface area contributed by atoms with Crippen molar-refractivity contribution in [3.63, 3.8) is 0 Å². The van der Waals surface area contributed by atoms with Crippen LogP contribution in [0.1, 0.15) is 23.0 Å². The van der Waals surface area contributed by atoms with Crippen LogP contribution in [0.15, 0.2) is 70.8 Å². The second-order valence-corrected chi connectivity index (χ2v) is 7.04. The Balaban J connectivity index is 1.53. The number of carbonyl (C=O) groups excluding carboxylic acids is 3. The van der Waals surface area contributed by atoms with E-state index in [0.29, 0.717) is 34.4 Å². The monoisotopic (exact) mass is 436 g/mol. The van der Waals surface area contributed by atoms with Gasteiger partial charge < -0.3 is 14.5 Å². The third-order valence-corrected chi connectivity index (χ3v) is 4.81. The molecule has 0 radical (unpaired) electrons. The van der Waals surface area contributed by atoms with Crippen LogP contribution in [0.25, 0.3) is 17.4 Å². The zero-order valence-electron chi connectivity index (χ0n) is 16.4. The van der Waals surface area contributed by atoms with Gasteiger partial charge in [0.25, 0.3) is 5.91 Å². The van der Waals surface area contributed by atoms with Gasteiger partial charge in [-0.3, -0.25) is 4.79 Å². The van der Waals surface area contributed by atoms with Crippen LogP contribution in [0.2, 0.25) is 5.02 Å². The second kappa shape index (κ2) is 8.49. The van der Waals surface area contributed by atoms with E-state index in [2.05, 4.69) is 5.32 Å². The summed E-state index contributed by atoms with van der Waals surface area (Å²) in [5, 5.41) is 3.06. The maximum Gasteiger partial charge on any atom is 0.338 e. The van der Waals surface area contributed by atoms with Gasteiger partial charge in [0.15, 0.2) is 0 Å². The Morgan fingerprint density at radius 2 is 1.77 bits per heavy atom. The maximum atomic E-state index is 12.7. The number of esters is 1. The van der Waals surface area contributed by atoms with Crippen LogP contribution >= 0.6 is 11.6 Å². The van der Waals surface area contributed by atoms with Crippen molar-refractivity contribution in [2.24, 2.45) is 0 Å². The molecule has 4 rings (SSSR count). The average molecular weight is 437 g/mol. The van der Waals surface area contributed by atoms with Crippen LogP contribution in [0.4, 0.5) is 10.5 Å². The number of hydrogen-bond acceptors (Lipinski definition) is 5. The van der Waals surface area contributed by atoms with E-state index >= 15 is 0 Å². The molecule has 3 aromatic rings. The lowest BCUT2D eigenvalue weighted by atomic mass is 10.1. The fourth-order valence-electron chi connectivity index (χ4n) is 3.07. The fraction of sp³-hybridized carbons (Fsp3) is 0.0870. The molecule has 156 valence electrons. The molecule has 1 aliphatic rings. The summed E-state index contributed by atoms with van der Waals surface area (Å²) in [6, 6.07) is 16.0. The van der Waals surface area contributed by atoms with Gasteiger partial charge in [-0.05, 0) is 55.5 Å². The van der Waals surface area contributed by atoms with Gasteiger partial charge in [0, 0.05) is 16.7 Å². The molecule has 0 spiro atoms. The number of carbonyl (C=O) groups is 3. The van der Waals surface area contributed by atoms with Crippen LogP contribution in [-0.4, -0.2) is 24.5 Å². The molecular weight excluding hydrogens is 420 g/mol. The van der Waals surface area contributed by atoms with Gasteiger partial charge in [0.1, 0.15) is 17.2 Å². The predicted molar refractivity (Wildman–Crippen MR) is 116 cm³/mol. The summed E-state index contributed by atoms with van der Waals surface area (Å²) in [6.45, 7) is 2.05.